The predicted molar refractivity (Wildman–Crippen MR) is 70.0 cm³/mol. The molecule has 0 aliphatic rings. The van der Waals surface area contributed by atoms with E-state index in [0.717, 1.165) is 6.07 Å². The monoisotopic (exact) mass is 280 g/mol. The zero-order valence-corrected chi connectivity index (χ0v) is 10.5. The number of aromatic amines is 2. The van der Waals surface area contributed by atoms with Gasteiger partial charge in [0.15, 0.2) is 0 Å². The van der Waals surface area contributed by atoms with Gasteiger partial charge in [0.25, 0.3) is 0 Å². The Morgan fingerprint density at radius 2 is 2.00 bits per heavy atom. The minimum atomic E-state index is -4.41. The number of alkyl halides is 3. The number of nitrogens with one attached hydrogen (secondary N) is 2. The molecule has 0 saturated heterocycles. The van der Waals surface area contributed by atoms with E-state index < -0.39 is 11.7 Å². The quantitative estimate of drug-likeness (QED) is 0.638. The van der Waals surface area contributed by atoms with Gasteiger partial charge in [-0.1, -0.05) is 12.1 Å². The van der Waals surface area contributed by atoms with Crippen molar-refractivity contribution in [3.8, 4) is 11.3 Å². The van der Waals surface area contributed by atoms with Crippen LogP contribution in [0.3, 0.4) is 0 Å². The molecule has 0 saturated carbocycles. The smallest absolute Gasteiger partial charge is 0.396 e. The maximum absolute atomic E-state index is 13.0. The number of nitrogens with two attached hydrogens (primary N) is 1. The third-order valence-corrected chi connectivity index (χ3v) is 3.25. The van der Waals surface area contributed by atoms with Crippen molar-refractivity contribution >= 4 is 16.6 Å². The summed E-state index contributed by atoms with van der Waals surface area (Å²) in [4.78, 5) is 2.79. The van der Waals surface area contributed by atoms with E-state index in [1.54, 1.807) is 13.0 Å². The molecule has 0 radical (unpaired) electrons. The number of para-hydroxylation sites is 1. The number of aryl methyl sites for hydroxylation is 1. The number of hydrogen-bond donors (Lipinski definition) is 3. The third-order valence-electron chi connectivity index (χ3n) is 3.25. The predicted octanol–water partition coefficient (Wildman–Crippen LogP) is 3.47. The Labute approximate surface area is 111 Å². The van der Waals surface area contributed by atoms with Crippen molar-refractivity contribution in [3.63, 3.8) is 0 Å². The van der Waals surface area contributed by atoms with Crippen LogP contribution in [0.25, 0.3) is 22.2 Å². The number of hydrogen-bond acceptors (Lipinski definition) is 2. The number of fused-ring (bicyclic) bond motifs is 1. The van der Waals surface area contributed by atoms with Gasteiger partial charge in [-0.3, -0.25) is 5.10 Å². The summed E-state index contributed by atoms with van der Waals surface area (Å²) in [5, 5.41) is 7.00. The molecular weight excluding hydrogens is 269 g/mol. The zero-order valence-electron chi connectivity index (χ0n) is 10.5. The van der Waals surface area contributed by atoms with Crippen molar-refractivity contribution in [2.24, 2.45) is 0 Å². The van der Waals surface area contributed by atoms with E-state index in [1.165, 1.54) is 12.3 Å². The number of rotatable bonds is 1. The largest absolute Gasteiger partial charge is 0.418 e. The molecule has 0 aliphatic carbocycles. The summed E-state index contributed by atoms with van der Waals surface area (Å²) >= 11 is 0. The van der Waals surface area contributed by atoms with Crippen molar-refractivity contribution < 1.29 is 13.2 Å². The van der Waals surface area contributed by atoms with Gasteiger partial charge in [-0.15, -0.1) is 0 Å². The summed E-state index contributed by atoms with van der Waals surface area (Å²) in [6, 6.07) is 4.07. The number of aromatic nitrogens is 3. The fourth-order valence-corrected chi connectivity index (χ4v) is 2.40. The highest BCUT2D eigenvalue weighted by Crippen LogP contribution is 2.39. The molecule has 3 rings (SSSR count). The molecule has 20 heavy (non-hydrogen) atoms. The molecule has 1 aromatic carbocycles. The van der Waals surface area contributed by atoms with E-state index in [9.17, 15) is 13.2 Å². The van der Waals surface area contributed by atoms with Crippen molar-refractivity contribution in [2.45, 2.75) is 13.1 Å². The maximum atomic E-state index is 13.0. The Hall–Kier alpha value is -2.44. The number of H-pyrrole nitrogens is 2. The Morgan fingerprint density at radius 1 is 1.25 bits per heavy atom. The second kappa shape index (κ2) is 4.03. The summed E-state index contributed by atoms with van der Waals surface area (Å²) in [6.45, 7) is 1.70. The van der Waals surface area contributed by atoms with E-state index >= 15 is 0 Å². The molecule has 4 N–H and O–H groups in total. The van der Waals surface area contributed by atoms with Crippen molar-refractivity contribution in [3.05, 3.63) is 35.7 Å². The molecule has 0 bridgehead atoms. The first-order valence-corrected chi connectivity index (χ1v) is 5.87. The van der Waals surface area contributed by atoms with Crippen molar-refractivity contribution in [2.75, 3.05) is 5.73 Å². The number of nitrogens with zero attached hydrogens (tertiary/aromatic N) is 1. The average molecular weight is 280 g/mol. The van der Waals surface area contributed by atoms with Crippen LogP contribution in [0.4, 0.5) is 18.9 Å². The Balaban J connectivity index is 2.37. The Morgan fingerprint density at radius 3 is 2.60 bits per heavy atom. The topological polar surface area (TPSA) is 70.5 Å². The molecule has 7 heteroatoms. The minimum absolute atomic E-state index is 0.0569. The summed E-state index contributed by atoms with van der Waals surface area (Å²) in [6.07, 6.45) is -2.98. The highest BCUT2D eigenvalue weighted by molar-refractivity contribution is 6.00. The fraction of sp³-hybridized carbons (Fsp3) is 0.154. The summed E-state index contributed by atoms with van der Waals surface area (Å²) < 4.78 is 39.0. The lowest BCUT2D eigenvalue weighted by Gasteiger charge is -2.07. The van der Waals surface area contributed by atoms with Crippen LogP contribution in [-0.2, 0) is 6.18 Å². The fourth-order valence-electron chi connectivity index (χ4n) is 2.40. The number of halogens is 3. The van der Waals surface area contributed by atoms with Gasteiger partial charge < -0.3 is 10.7 Å². The molecular formula is C13H11F3N4. The Bertz CT molecular complexity index is 783. The van der Waals surface area contributed by atoms with E-state index in [-0.39, 0.29) is 5.52 Å². The van der Waals surface area contributed by atoms with Crippen molar-refractivity contribution in [1.29, 1.82) is 0 Å². The number of benzene rings is 1. The van der Waals surface area contributed by atoms with Gasteiger partial charge in [0.05, 0.1) is 28.7 Å². The molecule has 0 fully saturated rings. The highest BCUT2D eigenvalue weighted by atomic mass is 19.4. The first-order valence-electron chi connectivity index (χ1n) is 5.87. The molecule has 2 heterocycles. The molecule has 0 unspecified atom stereocenters. The standard InChI is InChI=1S/C13H11F3N4/c1-6-10(12-9(17)5-18-20-12)7-3-2-4-8(11(7)19-6)13(14,15)16/h2-5,19H,17H2,1H3,(H,18,20). The van der Waals surface area contributed by atoms with E-state index in [0.29, 0.717) is 28.0 Å². The van der Waals surface area contributed by atoms with Gasteiger partial charge in [0, 0.05) is 16.6 Å². The summed E-state index contributed by atoms with van der Waals surface area (Å²) in [5.74, 6) is 0. The van der Waals surface area contributed by atoms with Crippen LogP contribution in [0, 0.1) is 6.92 Å². The molecule has 2 aromatic heterocycles. The third kappa shape index (κ3) is 1.74. The lowest BCUT2D eigenvalue weighted by Crippen LogP contribution is -2.05. The molecule has 0 atom stereocenters. The van der Waals surface area contributed by atoms with Gasteiger partial charge in [-0.2, -0.15) is 18.3 Å². The van der Waals surface area contributed by atoms with Crippen LogP contribution in [0.5, 0.6) is 0 Å². The van der Waals surface area contributed by atoms with Crippen LogP contribution in [0.1, 0.15) is 11.3 Å². The van der Waals surface area contributed by atoms with Gasteiger partial charge in [-0.25, -0.2) is 0 Å². The first-order chi connectivity index (χ1) is 9.39. The van der Waals surface area contributed by atoms with Gasteiger partial charge in [-0.05, 0) is 13.0 Å². The van der Waals surface area contributed by atoms with E-state index in [1.807, 2.05) is 0 Å². The van der Waals surface area contributed by atoms with Crippen molar-refractivity contribution in [1.82, 2.24) is 15.2 Å². The molecule has 0 aliphatic heterocycles. The lowest BCUT2D eigenvalue weighted by molar-refractivity contribution is -0.136. The second-order valence-electron chi connectivity index (χ2n) is 4.55. The maximum Gasteiger partial charge on any atom is 0.418 e. The molecule has 3 aromatic rings. The van der Waals surface area contributed by atoms with Crippen LogP contribution in [0.2, 0.25) is 0 Å². The van der Waals surface area contributed by atoms with Gasteiger partial charge >= 0.3 is 6.18 Å². The molecule has 0 spiro atoms. The minimum Gasteiger partial charge on any atom is -0.396 e. The van der Waals surface area contributed by atoms with Crippen LogP contribution in [-0.4, -0.2) is 15.2 Å². The normalized spacial score (nSPS) is 12.2. The highest BCUT2D eigenvalue weighted by Gasteiger charge is 2.34. The Kier molecular flexibility index (Phi) is 2.53. The van der Waals surface area contributed by atoms with E-state index in [4.69, 9.17) is 5.73 Å². The number of nitrogen functional groups attached to an aromatic ring is 1. The van der Waals surface area contributed by atoms with Crippen LogP contribution >= 0.6 is 0 Å². The lowest BCUT2D eigenvalue weighted by atomic mass is 10.0. The van der Waals surface area contributed by atoms with E-state index in [2.05, 4.69) is 15.2 Å². The van der Waals surface area contributed by atoms with Gasteiger partial charge in [0.1, 0.15) is 0 Å². The second-order valence-corrected chi connectivity index (χ2v) is 4.55. The molecule has 0 amide bonds. The first kappa shape index (κ1) is 12.6. The zero-order chi connectivity index (χ0) is 14.5. The average Bonchev–Trinajstić information content (AvgIpc) is 2.89. The number of anilines is 1. The SMILES string of the molecule is Cc1[nH]c2c(C(F)(F)F)cccc2c1-c1[nH]ncc1N. The molecule has 104 valence electrons. The van der Waals surface area contributed by atoms with Crippen LogP contribution in [0.15, 0.2) is 24.4 Å². The summed E-state index contributed by atoms with van der Waals surface area (Å²) in [7, 11) is 0. The molecule has 4 nitrogen and oxygen atoms in total. The van der Waals surface area contributed by atoms with Crippen LogP contribution < -0.4 is 5.73 Å². The summed E-state index contributed by atoms with van der Waals surface area (Å²) in [5.41, 5.74) is 7.28. The van der Waals surface area contributed by atoms with Gasteiger partial charge in [0.2, 0.25) is 0 Å².